The zero-order chi connectivity index (χ0) is 22.0. The Bertz CT molecular complexity index is 1230. The van der Waals surface area contributed by atoms with Gasteiger partial charge in [0.2, 0.25) is 0 Å². The van der Waals surface area contributed by atoms with E-state index in [0.29, 0.717) is 32.5 Å². The molecule has 1 aromatic carbocycles. The number of carbonyl (C=O) groups is 1. The molecule has 31 heavy (non-hydrogen) atoms. The van der Waals surface area contributed by atoms with Crippen molar-refractivity contribution in [1.29, 1.82) is 0 Å². The number of aromatic nitrogens is 2. The Morgan fingerprint density at radius 3 is 2.90 bits per heavy atom. The molecule has 0 bridgehead atoms. The van der Waals surface area contributed by atoms with Crippen LogP contribution in [0, 0.1) is 5.82 Å². The van der Waals surface area contributed by atoms with Gasteiger partial charge >= 0.3 is 0 Å². The minimum Gasteiger partial charge on any atom is -0.489 e. The van der Waals surface area contributed by atoms with Crippen LogP contribution in [0.3, 0.4) is 0 Å². The molecule has 0 spiro atoms. The summed E-state index contributed by atoms with van der Waals surface area (Å²) in [6.45, 7) is 4.16. The summed E-state index contributed by atoms with van der Waals surface area (Å²) in [6.07, 6.45) is 3.38. The fraction of sp³-hybridized carbons (Fsp3) is 0.182. The van der Waals surface area contributed by atoms with E-state index < -0.39 is 5.82 Å². The lowest BCUT2D eigenvalue weighted by atomic mass is 10.2. The Morgan fingerprint density at radius 2 is 2.13 bits per heavy atom. The number of amidine groups is 1. The second-order valence-corrected chi connectivity index (χ2v) is 8.45. The number of carbonyl (C=O) groups excluding carboxylic acids is 1. The van der Waals surface area contributed by atoms with Crippen LogP contribution in [-0.4, -0.2) is 27.1 Å². The molecule has 0 radical (unpaired) electrons. The normalized spacial score (nSPS) is 16.5. The summed E-state index contributed by atoms with van der Waals surface area (Å²) in [7, 11) is 0. The minimum absolute atomic E-state index is 0.000310. The lowest BCUT2D eigenvalue weighted by molar-refractivity contribution is -0.115. The number of nitrogens with one attached hydrogen (secondary N) is 1. The van der Waals surface area contributed by atoms with E-state index in [1.54, 1.807) is 30.5 Å². The zero-order valence-electron chi connectivity index (χ0n) is 16.7. The largest absolute Gasteiger partial charge is 0.489 e. The van der Waals surface area contributed by atoms with Crippen molar-refractivity contribution in [2.45, 2.75) is 26.5 Å². The zero-order valence-corrected chi connectivity index (χ0v) is 18.3. The van der Waals surface area contributed by atoms with Crippen LogP contribution in [0.4, 0.5) is 4.39 Å². The first-order valence-electron chi connectivity index (χ1n) is 9.51. The first-order chi connectivity index (χ1) is 14.9. The standard InChI is InChI=1S/C22H18ClFN4O2S/c1-12(2)30-18-7-8-25-17-6-4-14(27-20(17)18)10-19-21(29)28-22(31-19)26-11-13-3-5-16(24)15(23)9-13/h3-10,12H,11H2,1-2H3,(H,26,28,29)/b19-10+. The SMILES string of the molecule is CC(C)Oc1ccnc2ccc(/C=C3/SC(=NCc4ccc(F)c(Cl)c4)NC3=O)nc12. The van der Waals surface area contributed by atoms with Crippen molar-refractivity contribution in [1.82, 2.24) is 15.3 Å². The van der Waals surface area contributed by atoms with Gasteiger partial charge in [-0.1, -0.05) is 17.7 Å². The van der Waals surface area contributed by atoms with Gasteiger partial charge in [-0.2, -0.15) is 0 Å². The molecule has 1 amide bonds. The third-order valence-electron chi connectivity index (χ3n) is 4.25. The molecule has 158 valence electrons. The summed E-state index contributed by atoms with van der Waals surface area (Å²) in [5, 5.41) is 3.23. The first kappa shape index (κ1) is 21.3. The third-order valence-corrected chi connectivity index (χ3v) is 5.49. The summed E-state index contributed by atoms with van der Waals surface area (Å²) < 4.78 is 19.1. The number of hydrogen-bond donors (Lipinski definition) is 1. The van der Waals surface area contributed by atoms with Gasteiger partial charge in [0, 0.05) is 12.3 Å². The van der Waals surface area contributed by atoms with Crippen LogP contribution in [0.1, 0.15) is 25.1 Å². The van der Waals surface area contributed by atoms with Crippen LogP contribution in [0.5, 0.6) is 5.75 Å². The van der Waals surface area contributed by atoms with E-state index in [1.807, 2.05) is 19.9 Å². The van der Waals surface area contributed by atoms with Gasteiger partial charge < -0.3 is 10.1 Å². The molecule has 6 nitrogen and oxygen atoms in total. The predicted octanol–water partition coefficient (Wildman–Crippen LogP) is 4.97. The molecule has 1 saturated heterocycles. The molecule has 0 saturated carbocycles. The van der Waals surface area contributed by atoms with Gasteiger partial charge in [-0.3, -0.25) is 14.8 Å². The summed E-state index contributed by atoms with van der Waals surface area (Å²) in [5.74, 6) is -0.0940. The summed E-state index contributed by atoms with van der Waals surface area (Å²) in [4.78, 5) is 26.1. The molecule has 1 aliphatic heterocycles. The Balaban J connectivity index is 1.55. The maximum atomic E-state index is 13.3. The van der Waals surface area contributed by atoms with E-state index in [4.69, 9.17) is 16.3 Å². The summed E-state index contributed by atoms with van der Waals surface area (Å²) in [5.41, 5.74) is 2.70. The predicted molar refractivity (Wildman–Crippen MR) is 122 cm³/mol. The lowest BCUT2D eigenvalue weighted by Gasteiger charge is -2.11. The second kappa shape index (κ2) is 9.03. The smallest absolute Gasteiger partial charge is 0.264 e. The molecule has 3 heterocycles. The number of benzene rings is 1. The number of pyridine rings is 2. The molecule has 0 unspecified atom stereocenters. The van der Waals surface area contributed by atoms with Crippen molar-refractivity contribution in [3.8, 4) is 5.75 Å². The number of hydrogen-bond acceptors (Lipinski definition) is 6. The van der Waals surface area contributed by atoms with Crippen LogP contribution >= 0.6 is 23.4 Å². The molecule has 1 aliphatic rings. The van der Waals surface area contributed by atoms with E-state index in [0.717, 1.165) is 5.56 Å². The topological polar surface area (TPSA) is 76.5 Å². The highest BCUT2D eigenvalue weighted by atomic mass is 35.5. The summed E-state index contributed by atoms with van der Waals surface area (Å²) >= 11 is 7.02. The number of thioether (sulfide) groups is 1. The number of fused-ring (bicyclic) bond motifs is 1. The molecular weight excluding hydrogens is 439 g/mol. The van der Waals surface area contributed by atoms with Crippen molar-refractivity contribution in [2.75, 3.05) is 0 Å². The van der Waals surface area contributed by atoms with Crippen LogP contribution < -0.4 is 10.1 Å². The maximum absolute atomic E-state index is 13.3. The van der Waals surface area contributed by atoms with Crippen molar-refractivity contribution < 1.29 is 13.9 Å². The molecule has 2 aromatic heterocycles. The minimum atomic E-state index is -0.480. The van der Waals surface area contributed by atoms with E-state index in [9.17, 15) is 9.18 Å². The van der Waals surface area contributed by atoms with E-state index >= 15 is 0 Å². The molecule has 3 aromatic rings. The molecule has 1 fully saturated rings. The van der Waals surface area contributed by atoms with Gasteiger partial charge in [-0.15, -0.1) is 0 Å². The van der Waals surface area contributed by atoms with Crippen molar-refractivity contribution in [3.63, 3.8) is 0 Å². The number of nitrogens with zero attached hydrogens (tertiary/aromatic N) is 3. The highest BCUT2D eigenvalue weighted by Gasteiger charge is 2.24. The highest BCUT2D eigenvalue weighted by Crippen LogP contribution is 2.28. The number of ether oxygens (including phenoxy) is 1. The fourth-order valence-electron chi connectivity index (χ4n) is 2.88. The van der Waals surface area contributed by atoms with Crippen LogP contribution in [0.25, 0.3) is 17.1 Å². The number of aliphatic imine (C=N–C) groups is 1. The van der Waals surface area contributed by atoms with Crippen LogP contribution in [0.15, 0.2) is 52.5 Å². The highest BCUT2D eigenvalue weighted by molar-refractivity contribution is 8.18. The third kappa shape index (κ3) is 5.03. The Labute approximate surface area is 187 Å². The van der Waals surface area contributed by atoms with Gasteiger partial charge in [-0.25, -0.2) is 9.37 Å². The van der Waals surface area contributed by atoms with Gasteiger partial charge in [0.25, 0.3) is 5.91 Å². The number of halogens is 2. The Kier molecular flexibility index (Phi) is 6.20. The van der Waals surface area contributed by atoms with Gasteiger partial charge in [-0.05, 0) is 61.5 Å². The monoisotopic (exact) mass is 456 g/mol. The Hall–Kier alpha value is -2.97. The molecule has 9 heteroatoms. The quantitative estimate of drug-likeness (QED) is 0.548. The molecular formula is C22H18ClFN4O2S. The van der Waals surface area contributed by atoms with E-state index in [1.165, 1.54) is 23.9 Å². The average Bonchev–Trinajstić information content (AvgIpc) is 3.08. The average molecular weight is 457 g/mol. The van der Waals surface area contributed by atoms with Gasteiger partial charge in [0.15, 0.2) is 5.17 Å². The summed E-state index contributed by atoms with van der Waals surface area (Å²) in [6, 6.07) is 9.82. The van der Waals surface area contributed by atoms with Gasteiger partial charge in [0.1, 0.15) is 17.1 Å². The van der Waals surface area contributed by atoms with Crippen LogP contribution in [0.2, 0.25) is 5.02 Å². The molecule has 4 rings (SSSR count). The number of amides is 1. The number of rotatable bonds is 5. The first-order valence-corrected chi connectivity index (χ1v) is 10.7. The molecule has 0 aliphatic carbocycles. The second-order valence-electron chi connectivity index (χ2n) is 7.01. The maximum Gasteiger partial charge on any atom is 0.264 e. The van der Waals surface area contributed by atoms with E-state index in [2.05, 4.69) is 20.3 Å². The van der Waals surface area contributed by atoms with Crippen molar-refractivity contribution in [2.24, 2.45) is 4.99 Å². The van der Waals surface area contributed by atoms with E-state index in [-0.39, 0.29) is 23.6 Å². The fourth-order valence-corrected chi connectivity index (χ4v) is 3.89. The molecule has 0 atom stereocenters. The Morgan fingerprint density at radius 1 is 1.29 bits per heavy atom. The van der Waals surface area contributed by atoms with Crippen molar-refractivity contribution >= 4 is 51.5 Å². The van der Waals surface area contributed by atoms with Crippen LogP contribution in [-0.2, 0) is 11.3 Å². The molecule has 1 N–H and O–H groups in total. The van der Waals surface area contributed by atoms with Gasteiger partial charge in [0.05, 0.1) is 33.8 Å². The lowest BCUT2D eigenvalue weighted by Crippen LogP contribution is -2.19. The van der Waals surface area contributed by atoms with Crippen molar-refractivity contribution in [3.05, 3.63) is 69.6 Å².